The highest BCUT2D eigenvalue weighted by atomic mass is 16.7. The molecule has 0 saturated carbocycles. The number of nitrogens with zero attached hydrogens (tertiary/aromatic N) is 2. The monoisotopic (exact) mass is 498 g/mol. The van der Waals surface area contributed by atoms with Crippen molar-refractivity contribution >= 4 is 45.4 Å². The first-order valence-corrected chi connectivity index (χ1v) is 12.9. The minimum Gasteiger partial charge on any atom is -0.436 e. The van der Waals surface area contributed by atoms with Crippen molar-refractivity contribution in [1.82, 2.24) is 9.97 Å². The van der Waals surface area contributed by atoms with Gasteiger partial charge in [-0.25, -0.2) is 9.97 Å². The van der Waals surface area contributed by atoms with Crippen molar-refractivity contribution in [3.8, 4) is 22.7 Å². The van der Waals surface area contributed by atoms with Gasteiger partial charge in [0.05, 0.1) is 22.4 Å². The molecular formula is C32H27BN2O3. The first-order valence-electron chi connectivity index (χ1n) is 12.9. The van der Waals surface area contributed by atoms with Crippen LogP contribution < -0.4 is 5.46 Å². The maximum absolute atomic E-state index is 6.34. The normalized spacial score (nSPS) is 16.6. The third-order valence-corrected chi connectivity index (χ3v) is 7.93. The third-order valence-electron chi connectivity index (χ3n) is 7.93. The molecule has 0 radical (unpaired) electrons. The average molecular weight is 498 g/mol. The Morgan fingerprint density at radius 3 is 2.16 bits per heavy atom. The van der Waals surface area contributed by atoms with Crippen LogP contribution in [0.2, 0.25) is 0 Å². The van der Waals surface area contributed by atoms with E-state index in [0.717, 1.165) is 55.1 Å². The third kappa shape index (κ3) is 3.56. The fourth-order valence-corrected chi connectivity index (χ4v) is 5.16. The molecule has 1 aliphatic heterocycles. The first kappa shape index (κ1) is 23.1. The molecule has 4 aromatic carbocycles. The molecule has 38 heavy (non-hydrogen) atoms. The van der Waals surface area contributed by atoms with Crippen LogP contribution in [0.5, 0.6) is 0 Å². The van der Waals surface area contributed by atoms with E-state index in [9.17, 15) is 0 Å². The Balaban J connectivity index is 1.44. The van der Waals surface area contributed by atoms with E-state index in [1.54, 1.807) is 0 Å². The quantitative estimate of drug-likeness (QED) is 0.191. The van der Waals surface area contributed by atoms with Crippen molar-refractivity contribution in [2.45, 2.75) is 38.9 Å². The minimum atomic E-state index is -0.442. The molecule has 0 unspecified atom stereocenters. The van der Waals surface area contributed by atoms with Gasteiger partial charge in [-0.15, -0.1) is 0 Å². The summed E-state index contributed by atoms with van der Waals surface area (Å²) in [6.07, 6.45) is 0. The number of pyridine rings is 1. The second-order valence-corrected chi connectivity index (χ2v) is 10.9. The first-order chi connectivity index (χ1) is 18.3. The number of benzene rings is 4. The second kappa shape index (κ2) is 8.25. The van der Waals surface area contributed by atoms with E-state index in [-0.39, 0.29) is 0 Å². The van der Waals surface area contributed by atoms with Gasteiger partial charge in [0.2, 0.25) is 5.89 Å². The minimum absolute atomic E-state index is 0.406. The van der Waals surface area contributed by atoms with Gasteiger partial charge in [0.1, 0.15) is 5.52 Å². The maximum atomic E-state index is 6.34. The van der Waals surface area contributed by atoms with Crippen LogP contribution in [0.1, 0.15) is 27.7 Å². The van der Waals surface area contributed by atoms with Gasteiger partial charge in [-0.3, -0.25) is 0 Å². The van der Waals surface area contributed by atoms with Crippen LogP contribution in [-0.2, 0) is 9.31 Å². The van der Waals surface area contributed by atoms with Crippen molar-refractivity contribution in [3.05, 3.63) is 91.0 Å². The van der Waals surface area contributed by atoms with Gasteiger partial charge in [-0.1, -0.05) is 60.7 Å². The van der Waals surface area contributed by atoms with Crippen LogP contribution in [0.15, 0.2) is 95.4 Å². The Bertz CT molecular complexity index is 1830. The van der Waals surface area contributed by atoms with E-state index in [1.807, 2.05) is 60.7 Å². The molecule has 0 aliphatic carbocycles. The molecule has 7 rings (SSSR count). The summed E-state index contributed by atoms with van der Waals surface area (Å²) < 4.78 is 18.9. The molecule has 6 heteroatoms. The lowest BCUT2D eigenvalue weighted by Gasteiger charge is -2.32. The lowest BCUT2D eigenvalue weighted by molar-refractivity contribution is 0.00578. The van der Waals surface area contributed by atoms with Gasteiger partial charge in [0.25, 0.3) is 0 Å². The molecule has 0 amide bonds. The van der Waals surface area contributed by atoms with E-state index in [0.29, 0.717) is 5.89 Å². The smallest absolute Gasteiger partial charge is 0.436 e. The highest BCUT2D eigenvalue weighted by Gasteiger charge is 2.51. The summed E-state index contributed by atoms with van der Waals surface area (Å²) in [5, 5.41) is 3.11. The summed E-state index contributed by atoms with van der Waals surface area (Å²) >= 11 is 0. The van der Waals surface area contributed by atoms with E-state index in [4.69, 9.17) is 23.7 Å². The number of aromatic nitrogens is 2. The number of rotatable bonds is 3. The maximum Gasteiger partial charge on any atom is 0.494 e. The molecule has 1 aliphatic rings. The summed E-state index contributed by atoms with van der Waals surface area (Å²) in [5.41, 5.74) is 5.50. The highest BCUT2D eigenvalue weighted by molar-refractivity contribution is 6.62. The van der Waals surface area contributed by atoms with Crippen molar-refractivity contribution in [3.63, 3.8) is 0 Å². The Kier molecular flexibility index (Phi) is 5.03. The predicted molar refractivity (Wildman–Crippen MR) is 153 cm³/mol. The largest absolute Gasteiger partial charge is 0.494 e. The van der Waals surface area contributed by atoms with Gasteiger partial charge >= 0.3 is 7.12 Å². The fourth-order valence-electron chi connectivity index (χ4n) is 5.16. The van der Waals surface area contributed by atoms with E-state index in [1.165, 1.54) is 0 Å². The summed E-state index contributed by atoms with van der Waals surface area (Å²) in [5.74, 6) is 0.610. The topological polar surface area (TPSA) is 57.4 Å². The van der Waals surface area contributed by atoms with Gasteiger partial charge in [0.15, 0.2) is 5.58 Å². The summed E-state index contributed by atoms with van der Waals surface area (Å²) in [7, 11) is -0.442. The van der Waals surface area contributed by atoms with Gasteiger partial charge in [-0.2, -0.15) is 0 Å². The van der Waals surface area contributed by atoms with Crippen LogP contribution in [-0.4, -0.2) is 28.3 Å². The van der Waals surface area contributed by atoms with E-state index >= 15 is 0 Å². The molecule has 6 aromatic rings. The molecular weight excluding hydrogens is 471 g/mol. The van der Waals surface area contributed by atoms with Crippen LogP contribution in [0, 0.1) is 0 Å². The number of hydrogen-bond acceptors (Lipinski definition) is 5. The second-order valence-electron chi connectivity index (χ2n) is 10.9. The molecule has 186 valence electrons. The van der Waals surface area contributed by atoms with Crippen molar-refractivity contribution in [1.29, 1.82) is 0 Å². The molecule has 2 aromatic heterocycles. The van der Waals surface area contributed by atoms with Gasteiger partial charge < -0.3 is 13.7 Å². The Morgan fingerprint density at radius 1 is 0.658 bits per heavy atom. The molecule has 0 bridgehead atoms. The number of fused-ring (bicyclic) bond motifs is 5. The van der Waals surface area contributed by atoms with Gasteiger partial charge in [-0.05, 0) is 63.5 Å². The highest BCUT2D eigenvalue weighted by Crippen LogP contribution is 2.39. The number of hydrogen-bond donors (Lipinski definition) is 0. The zero-order chi connectivity index (χ0) is 26.1. The lowest BCUT2D eigenvalue weighted by atomic mass is 9.78. The predicted octanol–water partition coefficient (Wildman–Crippen LogP) is 7.16. The van der Waals surface area contributed by atoms with Gasteiger partial charge in [0, 0.05) is 27.3 Å². The lowest BCUT2D eigenvalue weighted by Crippen LogP contribution is -2.41. The van der Waals surface area contributed by atoms with Crippen LogP contribution >= 0.6 is 0 Å². The molecule has 3 heterocycles. The zero-order valence-corrected chi connectivity index (χ0v) is 21.9. The molecule has 0 atom stereocenters. The zero-order valence-electron chi connectivity index (χ0n) is 21.9. The van der Waals surface area contributed by atoms with Crippen molar-refractivity contribution in [2.75, 3.05) is 0 Å². The van der Waals surface area contributed by atoms with Crippen molar-refractivity contribution < 1.29 is 13.7 Å². The average Bonchev–Trinajstić information content (AvgIpc) is 3.46. The van der Waals surface area contributed by atoms with Crippen LogP contribution in [0.25, 0.3) is 55.5 Å². The van der Waals surface area contributed by atoms with Crippen molar-refractivity contribution in [2.24, 2.45) is 0 Å². The Morgan fingerprint density at radius 2 is 1.37 bits per heavy atom. The molecule has 1 fully saturated rings. The molecule has 0 spiro atoms. The number of para-hydroxylation sites is 1. The molecule has 5 nitrogen and oxygen atoms in total. The van der Waals surface area contributed by atoms with E-state index < -0.39 is 18.3 Å². The van der Waals surface area contributed by atoms with Crippen LogP contribution in [0.3, 0.4) is 0 Å². The Labute approximate surface area is 221 Å². The fraction of sp³-hybridized carbons (Fsp3) is 0.188. The Hall–Kier alpha value is -4.00. The summed E-state index contributed by atoms with van der Waals surface area (Å²) in [6, 6.07) is 30.6. The number of oxazole rings is 1. The summed E-state index contributed by atoms with van der Waals surface area (Å²) in [6.45, 7) is 8.29. The standard InChI is InChI=1S/C32H27BN2O3/c1-31(2)32(3,4)38-33(37-31)22-14-10-13-21(19-22)28-24-17-18-26-29(27(24)23-15-8-9-16-25(23)34-28)35-30(36-26)20-11-6-5-7-12-20/h5-19H,1-4H3. The molecule has 0 N–H and O–H groups in total. The summed E-state index contributed by atoms with van der Waals surface area (Å²) in [4.78, 5) is 10.1. The van der Waals surface area contributed by atoms with E-state index in [2.05, 4.69) is 58.0 Å². The molecule has 1 saturated heterocycles. The SMILES string of the molecule is CC1(C)OB(c2cccc(-c3nc4ccccc4c4c3ccc3oc(-c5ccccc5)nc34)c2)OC1(C)C. The van der Waals surface area contributed by atoms with Crippen LogP contribution in [0.4, 0.5) is 0 Å².